The van der Waals surface area contributed by atoms with Gasteiger partial charge in [0.05, 0.1) is 19.2 Å². The minimum absolute atomic E-state index is 0.00866. The van der Waals surface area contributed by atoms with Gasteiger partial charge in [-0.15, -0.1) is 0 Å². The molecule has 3 rings (SSSR count). The van der Waals surface area contributed by atoms with Gasteiger partial charge in [0.25, 0.3) is 0 Å². The molecule has 2 N–H and O–H groups in total. The average Bonchev–Trinajstić information content (AvgIpc) is 2.76. The number of ketones is 1. The lowest BCUT2D eigenvalue weighted by Crippen LogP contribution is -2.45. The zero-order chi connectivity index (χ0) is 22.4. The molecule has 0 spiro atoms. The van der Waals surface area contributed by atoms with Crippen LogP contribution >= 0.6 is 0 Å². The van der Waals surface area contributed by atoms with E-state index in [1.807, 2.05) is 4.90 Å². The maximum atomic E-state index is 13.8. The Bertz CT molecular complexity index is 958. The van der Waals surface area contributed by atoms with Crippen LogP contribution in [0.2, 0.25) is 0 Å². The van der Waals surface area contributed by atoms with E-state index in [-0.39, 0.29) is 12.1 Å². The van der Waals surface area contributed by atoms with Crippen molar-refractivity contribution in [1.82, 2.24) is 10.2 Å². The highest BCUT2D eigenvalue weighted by molar-refractivity contribution is 6.01. The Balaban J connectivity index is 1.44. The first-order chi connectivity index (χ1) is 14.9. The van der Waals surface area contributed by atoms with E-state index in [9.17, 15) is 23.2 Å². The second kappa shape index (κ2) is 10.1. The molecule has 0 radical (unpaired) electrons. The Morgan fingerprint density at radius 2 is 1.74 bits per heavy atom. The van der Waals surface area contributed by atoms with Crippen molar-refractivity contribution in [3.05, 3.63) is 59.7 Å². The smallest absolute Gasteiger partial charge is 0.325 e. The van der Waals surface area contributed by atoms with Gasteiger partial charge in [-0.1, -0.05) is 0 Å². The number of nitrogens with one attached hydrogen (secondary N) is 2. The number of halogens is 2. The number of amides is 3. The number of anilines is 1. The summed E-state index contributed by atoms with van der Waals surface area (Å²) in [7, 11) is 1.53. The Morgan fingerprint density at radius 3 is 2.39 bits per heavy atom. The van der Waals surface area contributed by atoms with Crippen LogP contribution in [0.5, 0.6) is 5.75 Å². The highest BCUT2D eigenvalue weighted by atomic mass is 19.1. The molecule has 1 aliphatic heterocycles. The molecule has 3 amide bonds. The van der Waals surface area contributed by atoms with Gasteiger partial charge >= 0.3 is 6.03 Å². The van der Waals surface area contributed by atoms with Crippen LogP contribution in [0.25, 0.3) is 0 Å². The highest BCUT2D eigenvalue weighted by Gasteiger charge is 2.28. The van der Waals surface area contributed by atoms with E-state index in [1.54, 1.807) is 24.3 Å². The normalized spacial score (nSPS) is 14.7. The molecule has 1 aliphatic rings. The Labute approximate surface area is 178 Å². The highest BCUT2D eigenvalue weighted by Crippen LogP contribution is 2.23. The summed E-state index contributed by atoms with van der Waals surface area (Å²) in [5, 5.41) is 4.81. The molecule has 0 aliphatic carbocycles. The maximum absolute atomic E-state index is 13.8. The van der Waals surface area contributed by atoms with Crippen molar-refractivity contribution in [2.24, 2.45) is 5.92 Å². The number of benzene rings is 2. The van der Waals surface area contributed by atoms with Crippen molar-refractivity contribution in [3.8, 4) is 5.75 Å². The first kappa shape index (κ1) is 22.4. The summed E-state index contributed by atoms with van der Waals surface area (Å²) >= 11 is 0. The molecular weight excluding hydrogens is 408 g/mol. The fourth-order valence-corrected chi connectivity index (χ4v) is 3.47. The van der Waals surface area contributed by atoms with Crippen molar-refractivity contribution in [2.75, 3.05) is 32.1 Å². The zero-order valence-electron chi connectivity index (χ0n) is 17.0. The fourth-order valence-electron chi connectivity index (χ4n) is 3.47. The summed E-state index contributed by atoms with van der Waals surface area (Å²) in [6.07, 6.45) is 0.834. The number of methoxy groups -OCH3 is 1. The fraction of sp³-hybridized carbons (Fsp3) is 0.318. The van der Waals surface area contributed by atoms with E-state index in [1.165, 1.54) is 7.11 Å². The number of Topliss-reactive ketones (excluding diaryl/α,β-unsaturated/α-hetero) is 1. The molecule has 2 aromatic carbocycles. The van der Waals surface area contributed by atoms with Crippen LogP contribution in [0, 0.1) is 17.6 Å². The van der Waals surface area contributed by atoms with Crippen LogP contribution in [-0.2, 0) is 4.79 Å². The van der Waals surface area contributed by atoms with Gasteiger partial charge < -0.3 is 10.1 Å². The van der Waals surface area contributed by atoms with Gasteiger partial charge in [0.15, 0.2) is 5.78 Å². The monoisotopic (exact) mass is 431 g/mol. The van der Waals surface area contributed by atoms with Crippen LogP contribution in [0.4, 0.5) is 19.3 Å². The molecule has 1 saturated heterocycles. The van der Waals surface area contributed by atoms with E-state index >= 15 is 0 Å². The molecule has 1 fully saturated rings. The number of hydrogen-bond acceptors (Lipinski definition) is 5. The quantitative estimate of drug-likeness (QED) is 0.686. The predicted octanol–water partition coefficient (Wildman–Crippen LogP) is 3.22. The molecule has 31 heavy (non-hydrogen) atoms. The van der Waals surface area contributed by atoms with E-state index in [0.717, 1.165) is 18.2 Å². The maximum Gasteiger partial charge on any atom is 0.325 e. The zero-order valence-corrected chi connectivity index (χ0v) is 17.0. The molecule has 0 unspecified atom stereocenters. The number of piperidine rings is 1. The molecule has 1 heterocycles. The SMILES string of the molecule is COc1ccc(NC(=O)NC(=O)CN2CCC(C(=O)c3cc(F)ccc3F)CC2)cc1. The van der Waals surface area contributed by atoms with Crippen LogP contribution in [0.1, 0.15) is 23.2 Å². The predicted molar refractivity (Wildman–Crippen MR) is 110 cm³/mol. The number of ether oxygens (including phenoxy) is 1. The van der Waals surface area contributed by atoms with Crippen LogP contribution < -0.4 is 15.4 Å². The summed E-state index contributed by atoms with van der Waals surface area (Å²) in [5.74, 6) is -2.10. The summed E-state index contributed by atoms with van der Waals surface area (Å²) < 4.78 is 32.2. The molecular formula is C22H23F2N3O4. The van der Waals surface area contributed by atoms with Gasteiger partial charge in [-0.3, -0.25) is 19.8 Å². The largest absolute Gasteiger partial charge is 0.497 e. The first-order valence-electron chi connectivity index (χ1n) is 9.82. The third kappa shape index (κ3) is 6.08. The number of urea groups is 1. The molecule has 7 nitrogen and oxygen atoms in total. The molecule has 9 heteroatoms. The van der Waals surface area contributed by atoms with Gasteiger partial charge in [-0.05, 0) is 68.4 Å². The molecule has 164 valence electrons. The van der Waals surface area contributed by atoms with Gasteiger partial charge in [0, 0.05) is 11.6 Å². The molecule has 0 saturated carbocycles. The number of rotatable bonds is 6. The van der Waals surface area contributed by atoms with Crippen molar-refractivity contribution in [2.45, 2.75) is 12.8 Å². The summed E-state index contributed by atoms with van der Waals surface area (Å²) in [6.45, 7) is 0.854. The Kier molecular flexibility index (Phi) is 7.30. The van der Waals surface area contributed by atoms with Crippen LogP contribution in [0.3, 0.4) is 0 Å². The van der Waals surface area contributed by atoms with E-state index in [0.29, 0.717) is 37.4 Å². The van der Waals surface area contributed by atoms with Gasteiger partial charge in [0.1, 0.15) is 17.4 Å². The van der Waals surface area contributed by atoms with Crippen molar-refractivity contribution < 1.29 is 27.9 Å². The van der Waals surface area contributed by atoms with E-state index < -0.39 is 35.3 Å². The number of likely N-dealkylation sites (tertiary alicyclic amines) is 1. The number of carbonyl (C=O) groups is 3. The Hall–Kier alpha value is -3.33. The van der Waals surface area contributed by atoms with Gasteiger partial charge in [0.2, 0.25) is 5.91 Å². The van der Waals surface area contributed by atoms with Gasteiger partial charge in [-0.25, -0.2) is 13.6 Å². The van der Waals surface area contributed by atoms with Crippen molar-refractivity contribution >= 4 is 23.4 Å². The molecule has 0 aromatic heterocycles. The molecule has 0 atom stereocenters. The summed E-state index contributed by atoms with van der Waals surface area (Å²) in [4.78, 5) is 38.4. The summed E-state index contributed by atoms with van der Waals surface area (Å²) in [6, 6.07) is 8.83. The lowest BCUT2D eigenvalue weighted by atomic mass is 9.88. The van der Waals surface area contributed by atoms with Crippen molar-refractivity contribution in [3.63, 3.8) is 0 Å². The van der Waals surface area contributed by atoms with Gasteiger partial charge in [-0.2, -0.15) is 0 Å². The second-order valence-electron chi connectivity index (χ2n) is 7.27. The van der Waals surface area contributed by atoms with Crippen LogP contribution in [-0.4, -0.2) is 49.4 Å². The Morgan fingerprint density at radius 1 is 1.06 bits per heavy atom. The number of hydrogen-bond donors (Lipinski definition) is 2. The molecule has 0 bridgehead atoms. The lowest BCUT2D eigenvalue weighted by Gasteiger charge is -2.30. The topological polar surface area (TPSA) is 87.7 Å². The first-order valence-corrected chi connectivity index (χ1v) is 9.82. The lowest BCUT2D eigenvalue weighted by molar-refractivity contribution is -0.121. The van der Waals surface area contributed by atoms with E-state index in [4.69, 9.17) is 4.74 Å². The van der Waals surface area contributed by atoms with Crippen molar-refractivity contribution in [1.29, 1.82) is 0 Å². The standard InChI is InChI=1S/C22H23F2N3O4/c1-31-17-5-3-16(4-6-17)25-22(30)26-20(28)13-27-10-8-14(9-11-27)21(29)18-12-15(23)2-7-19(18)24/h2-7,12,14H,8-11,13H2,1H3,(H2,25,26,28,30). The van der Waals surface area contributed by atoms with E-state index in [2.05, 4.69) is 10.6 Å². The average molecular weight is 431 g/mol. The second-order valence-corrected chi connectivity index (χ2v) is 7.27. The number of imide groups is 1. The number of carbonyl (C=O) groups excluding carboxylic acids is 3. The molecule has 2 aromatic rings. The third-order valence-corrected chi connectivity index (χ3v) is 5.12. The minimum Gasteiger partial charge on any atom is -0.497 e. The summed E-state index contributed by atoms with van der Waals surface area (Å²) in [5.41, 5.74) is 0.265. The van der Waals surface area contributed by atoms with Crippen LogP contribution in [0.15, 0.2) is 42.5 Å². The number of nitrogens with zero attached hydrogens (tertiary/aromatic N) is 1. The minimum atomic E-state index is -0.740. The third-order valence-electron chi connectivity index (χ3n) is 5.12.